The highest BCUT2D eigenvalue weighted by atomic mass is 16.2. The molecule has 0 saturated heterocycles. The van der Waals surface area contributed by atoms with Crippen LogP contribution in [0.4, 0.5) is 0 Å². The largest absolute Gasteiger partial charge is 0.396 e. The molecule has 0 aromatic carbocycles. The van der Waals surface area contributed by atoms with Gasteiger partial charge in [0.25, 0.3) is 0 Å². The number of hydrogen-bond donors (Lipinski definition) is 1. The number of rotatable bonds is 4. The highest BCUT2D eigenvalue weighted by molar-refractivity contribution is 4.76. The van der Waals surface area contributed by atoms with E-state index in [1.54, 1.807) is 0 Å². The van der Waals surface area contributed by atoms with Gasteiger partial charge in [0.15, 0.2) is 0 Å². The summed E-state index contributed by atoms with van der Waals surface area (Å²) in [5.74, 6) is 1.91. The predicted molar refractivity (Wildman–Crippen MR) is 47.4 cm³/mol. The lowest BCUT2D eigenvalue weighted by molar-refractivity contribution is 0.255. The first-order valence-electron chi connectivity index (χ1n) is 4.99. The molecule has 0 aliphatic heterocycles. The van der Waals surface area contributed by atoms with Gasteiger partial charge < -0.3 is 5.11 Å². The molecule has 66 valence electrons. The smallest absolute Gasteiger partial charge is 0.0431 e. The minimum atomic E-state index is 0.382. The average molecular weight is 156 g/mol. The molecule has 1 aliphatic carbocycles. The SMILES string of the molecule is CCC1CCCC1CCCO. The van der Waals surface area contributed by atoms with Crippen LogP contribution in [0.1, 0.15) is 45.4 Å². The number of aliphatic hydroxyl groups excluding tert-OH is 1. The molecule has 1 nitrogen and oxygen atoms in total. The fourth-order valence-electron chi connectivity index (χ4n) is 2.38. The third-order valence-electron chi connectivity index (χ3n) is 3.07. The van der Waals surface area contributed by atoms with Crippen LogP contribution in [0.2, 0.25) is 0 Å². The summed E-state index contributed by atoms with van der Waals surface area (Å²) in [7, 11) is 0. The van der Waals surface area contributed by atoms with Crippen molar-refractivity contribution in [1.29, 1.82) is 0 Å². The van der Waals surface area contributed by atoms with Crippen LogP contribution in [0.15, 0.2) is 0 Å². The molecule has 1 saturated carbocycles. The molecule has 1 N–H and O–H groups in total. The van der Waals surface area contributed by atoms with Crippen molar-refractivity contribution in [2.45, 2.75) is 45.4 Å². The van der Waals surface area contributed by atoms with Crippen molar-refractivity contribution in [1.82, 2.24) is 0 Å². The lowest BCUT2D eigenvalue weighted by atomic mass is 9.90. The molecule has 2 atom stereocenters. The monoisotopic (exact) mass is 156 g/mol. The molecule has 11 heavy (non-hydrogen) atoms. The van der Waals surface area contributed by atoms with E-state index in [9.17, 15) is 0 Å². The zero-order valence-electron chi connectivity index (χ0n) is 7.55. The Bertz CT molecular complexity index is 101. The van der Waals surface area contributed by atoms with Crippen molar-refractivity contribution in [2.75, 3.05) is 6.61 Å². The maximum absolute atomic E-state index is 8.69. The Morgan fingerprint density at radius 1 is 1.27 bits per heavy atom. The van der Waals surface area contributed by atoms with Crippen molar-refractivity contribution in [3.63, 3.8) is 0 Å². The van der Waals surface area contributed by atoms with Gasteiger partial charge in [0.05, 0.1) is 0 Å². The van der Waals surface area contributed by atoms with Crippen molar-refractivity contribution in [3.05, 3.63) is 0 Å². The van der Waals surface area contributed by atoms with E-state index >= 15 is 0 Å². The van der Waals surface area contributed by atoms with Gasteiger partial charge in [-0.15, -0.1) is 0 Å². The highest BCUT2D eigenvalue weighted by Crippen LogP contribution is 2.36. The van der Waals surface area contributed by atoms with Crippen molar-refractivity contribution in [3.8, 4) is 0 Å². The normalized spacial score (nSPS) is 31.1. The predicted octanol–water partition coefficient (Wildman–Crippen LogP) is 2.59. The molecule has 1 rings (SSSR count). The van der Waals surface area contributed by atoms with Gasteiger partial charge in [-0.25, -0.2) is 0 Å². The Balaban J connectivity index is 2.20. The first-order valence-corrected chi connectivity index (χ1v) is 4.99. The molecule has 0 bridgehead atoms. The Kier molecular flexibility index (Phi) is 3.92. The molecule has 0 radical (unpaired) electrons. The third-order valence-corrected chi connectivity index (χ3v) is 3.07. The summed E-state index contributed by atoms with van der Waals surface area (Å²) in [5.41, 5.74) is 0. The van der Waals surface area contributed by atoms with Gasteiger partial charge in [0.2, 0.25) is 0 Å². The standard InChI is InChI=1S/C10H20O/c1-2-9-5-3-6-10(9)7-4-8-11/h9-11H,2-8H2,1H3. The van der Waals surface area contributed by atoms with Gasteiger partial charge in [0.1, 0.15) is 0 Å². The second kappa shape index (κ2) is 4.76. The van der Waals surface area contributed by atoms with E-state index in [-0.39, 0.29) is 0 Å². The fourth-order valence-corrected chi connectivity index (χ4v) is 2.38. The summed E-state index contributed by atoms with van der Waals surface area (Å²) in [5, 5.41) is 8.69. The van der Waals surface area contributed by atoms with E-state index in [2.05, 4.69) is 6.92 Å². The van der Waals surface area contributed by atoms with E-state index in [1.807, 2.05) is 0 Å². The molecule has 0 aromatic heterocycles. The van der Waals surface area contributed by atoms with Gasteiger partial charge >= 0.3 is 0 Å². The maximum Gasteiger partial charge on any atom is 0.0431 e. The van der Waals surface area contributed by atoms with E-state index in [1.165, 1.54) is 32.1 Å². The number of hydrogen-bond acceptors (Lipinski definition) is 1. The molecule has 0 aromatic rings. The molecule has 0 amide bonds. The van der Waals surface area contributed by atoms with Crippen LogP contribution in [-0.4, -0.2) is 11.7 Å². The second-order valence-corrected chi connectivity index (χ2v) is 3.73. The quantitative estimate of drug-likeness (QED) is 0.663. The molecule has 1 aliphatic rings. The van der Waals surface area contributed by atoms with Crippen LogP contribution in [0.3, 0.4) is 0 Å². The van der Waals surface area contributed by atoms with Gasteiger partial charge in [-0.3, -0.25) is 0 Å². The topological polar surface area (TPSA) is 20.2 Å². The summed E-state index contributed by atoms with van der Waals surface area (Å²) in [6, 6.07) is 0. The molecule has 0 spiro atoms. The summed E-state index contributed by atoms with van der Waals surface area (Å²) in [4.78, 5) is 0. The van der Waals surface area contributed by atoms with Crippen LogP contribution >= 0.6 is 0 Å². The highest BCUT2D eigenvalue weighted by Gasteiger charge is 2.24. The molecule has 2 unspecified atom stereocenters. The lowest BCUT2D eigenvalue weighted by Gasteiger charge is -2.16. The van der Waals surface area contributed by atoms with Crippen LogP contribution in [0, 0.1) is 11.8 Å². The molecule has 1 heteroatoms. The fraction of sp³-hybridized carbons (Fsp3) is 1.00. The van der Waals surface area contributed by atoms with Crippen LogP contribution in [0.5, 0.6) is 0 Å². The number of aliphatic hydroxyl groups is 1. The Morgan fingerprint density at radius 3 is 2.64 bits per heavy atom. The van der Waals surface area contributed by atoms with Gasteiger partial charge in [-0.1, -0.05) is 32.6 Å². The van der Waals surface area contributed by atoms with Gasteiger partial charge in [-0.2, -0.15) is 0 Å². The minimum absolute atomic E-state index is 0.382. The van der Waals surface area contributed by atoms with Crippen molar-refractivity contribution < 1.29 is 5.11 Å². The van der Waals surface area contributed by atoms with Crippen LogP contribution in [0.25, 0.3) is 0 Å². The summed E-state index contributed by atoms with van der Waals surface area (Å²) in [6.07, 6.45) is 7.89. The average Bonchev–Trinajstić information content (AvgIpc) is 2.47. The van der Waals surface area contributed by atoms with Crippen LogP contribution in [-0.2, 0) is 0 Å². The van der Waals surface area contributed by atoms with Gasteiger partial charge in [-0.05, 0) is 24.7 Å². The molecular formula is C10H20O. The van der Waals surface area contributed by atoms with E-state index < -0.39 is 0 Å². The Hall–Kier alpha value is -0.0400. The second-order valence-electron chi connectivity index (χ2n) is 3.73. The van der Waals surface area contributed by atoms with E-state index in [0.717, 1.165) is 18.3 Å². The summed E-state index contributed by atoms with van der Waals surface area (Å²) >= 11 is 0. The third kappa shape index (κ3) is 2.48. The Morgan fingerprint density at radius 2 is 2.00 bits per heavy atom. The summed E-state index contributed by atoms with van der Waals surface area (Å²) < 4.78 is 0. The zero-order chi connectivity index (χ0) is 8.10. The van der Waals surface area contributed by atoms with Crippen molar-refractivity contribution >= 4 is 0 Å². The first-order chi connectivity index (χ1) is 5.38. The van der Waals surface area contributed by atoms with E-state index in [4.69, 9.17) is 5.11 Å². The molecule has 0 heterocycles. The lowest BCUT2D eigenvalue weighted by Crippen LogP contribution is -2.07. The van der Waals surface area contributed by atoms with Crippen molar-refractivity contribution in [2.24, 2.45) is 11.8 Å². The first kappa shape index (κ1) is 9.05. The van der Waals surface area contributed by atoms with Gasteiger partial charge in [0, 0.05) is 6.61 Å². The Labute approximate surface area is 69.8 Å². The minimum Gasteiger partial charge on any atom is -0.396 e. The van der Waals surface area contributed by atoms with Crippen LogP contribution < -0.4 is 0 Å². The van der Waals surface area contributed by atoms with E-state index in [0.29, 0.717) is 6.61 Å². The zero-order valence-corrected chi connectivity index (χ0v) is 7.55. The molecular weight excluding hydrogens is 136 g/mol. The maximum atomic E-state index is 8.69. The summed E-state index contributed by atoms with van der Waals surface area (Å²) in [6.45, 7) is 2.68. The molecule has 1 fully saturated rings.